The molecule has 1 fully saturated rings. The second-order valence-corrected chi connectivity index (χ2v) is 5.30. The lowest BCUT2D eigenvalue weighted by atomic mass is 9.96. The molecule has 17 heavy (non-hydrogen) atoms. The third kappa shape index (κ3) is 4.64. The molecule has 1 unspecified atom stereocenters. The summed E-state index contributed by atoms with van der Waals surface area (Å²) in [6, 6.07) is 0.508. The van der Waals surface area contributed by atoms with Crippen LogP contribution >= 0.6 is 0 Å². The molecular formula is C13H27N3O. The molecule has 0 radical (unpaired) electrons. The zero-order valence-corrected chi connectivity index (χ0v) is 11.5. The molecular weight excluding hydrogens is 214 g/mol. The third-order valence-electron chi connectivity index (χ3n) is 3.56. The summed E-state index contributed by atoms with van der Waals surface area (Å²) < 4.78 is 0. The Morgan fingerprint density at radius 1 is 1.41 bits per heavy atom. The van der Waals surface area contributed by atoms with E-state index in [1.54, 1.807) is 0 Å². The molecule has 1 aliphatic rings. The summed E-state index contributed by atoms with van der Waals surface area (Å²) in [5.74, 6) is -0.225. The molecule has 100 valence electrons. The fraction of sp³-hybridized carbons (Fsp3) is 0.923. The van der Waals surface area contributed by atoms with Crippen LogP contribution < -0.4 is 11.1 Å². The molecule has 4 nitrogen and oxygen atoms in total. The Morgan fingerprint density at radius 2 is 2.06 bits per heavy atom. The third-order valence-corrected chi connectivity index (χ3v) is 3.56. The number of carbonyl (C=O) groups excluding carboxylic acids is 1. The van der Waals surface area contributed by atoms with E-state index in [9.17, 15) is 4.79 Å². The van der Waals surface area contributed by atoms with Gasteiger partial charge in [0, 0.05) is 12.6 Å². The Kier molecular flexibility index (Phi) is 5.40. The molecule has 0 saturated heterocycles. The number of rotatable bonds is 9. The Labute approximate surface area is 105 Å². The summed E-state index contributed by atoms with van der Waals surface area (Å²) in [7, 11) is 0. The first kappa shape index (κ1) is 14.5. The highest BCUT2D eigenvalue weighted by Gasteiger charge is 2.36. The highest BCUT2D eigenvalue weighted by Crippen LogP contribution is 2.24. The highest BCUT2D eigenvalue weighted by atomic mass is 16.1. The lowest BCUT2D eigenvalue weighted by Crippen LogP contribution is -2.55. The van der Waals surface area contributed by atoms with Gasteiger partial charge in [-0.05, 0) is 45.7 Å². The smallest absolute Gasteiger partial charge is 0.237 e. The first-order valence-corrected chi connectivity index (χ1v) is 6.81. The average molecular weight is 241 g/mol. The summed E-state index contributed by atoms with van der Waals surface area (Å²) in [4.78, 5) is 14.0. The molecule has 4 heteroatoms. The zero-order valence-electron chi connectivity index (χ0n) is 11.5. The van der Waals surface area contributed by atoms with Crippen molar-refractivity contribution in [3.05, 3.63) is 0 Å². The van der Waals surface area contributed by atoms with Crippen molar-refractivity contribution in [1.29, 1.82) is 0 Å². The van der Waals surface area contributed by atoms with E-state index in [2.05, 4.69) is 24.1 Å². The largest absolute Gasteiger partial charge is 0.368 e. The van der Waals surface area contributed by atoms with Crippen LogP contribution in [0.4, 0.5) is 0 Å². The lowest BCUT2D eigenvalue weighted by Gasteiger charge is -2.30. The minimum Gasteiger partial charge on any atom is -0.368 e. The van der Waals surface area contributed by atoms with E-state index in [1.165, 1.54) is 12.8 Å². The van der Waals surface area contributed by atoms with Gasteiger partial charge >= 0.3 is 0 Å². The van der Waals surface area contributed by atoms with Crippen molar-refractivity contribution in [1.82, 2.24) is 10.2 Å². The van der Waals surface area contributed by atoms with Crippen molar-refractivity contribution in [2.45, 2.75) is 58.0 Å². The van der Waals surface area contributed by atoms with Crippen LogP contribution in [0.25, 0.3) is 0 Å². The van der Waals surface area contributed by atoms with Gasteiger partial charge < -0.3 is 16.0 Å². The van der Waals surface area contributed by atoms with Crippen molar-refractivity contribution >= 4 is 5.91 Å². The summed E-state index contributed by atoms with van der Waals surface area (Å²) in [5.41, 5.74) is 4.99. The van der Waals surface area contributed by atoms with Gasteiger partial charge in [0.05, 0.1) is 5.54 Å². The van der Waals surface area contributed by atoms with E-state index < -0.39 is 5.54 Å². The van der Waals surface area contributed by atoms with Gasteiger partial charge in [-0.25, -0.2) is 0 Å². The normalized spacial score (nSPS) is 19.3. The van der Waals surface area contributed by atoms with Gasteiger partial charge in [0.25, 0.3) is 0 Å². The molecule has 0 aromatic rings. The Bertz CT molecular complexity index is 253. The Morgan fingerprint density at radius 3 is 2.47 bits per heavy atom. The molecule has 3 N–H and O–H groups in total. The first-order chi connectivity index (χ1) is 8.01. The molecule has 0 aromatic heterocycles. The van der Waals surface area contributed by atoms with E-state index in [0.717, 1.165) is 32.5 Å². The Balaban J connectivity index is 2.44. The first-order valence-electron chi connectivity index (χ1n) is 6.81. The van der Waals surface area contributed by atoms with Gasteiger partial charge in [0.2, 0.25) is 5.91 Å². The second-order valence-electron chi connectivity index (χ2n) is 5.30. The topological polar surface area (TPSA) is 58.4 Å². The fourth-order valence-electron chi connectivity index (χ4n) is 2.07. The molecule has 0 spiro atoms. The van der Waals surface area contributed by atoms with Gasteiger partial charge in [0.15, 0.2) is 0 Å². The molecule has 0 heterocycles. The number of nitrogens with one attached hydrogen (secondary N) is 1. The maximum Gasteiger partial charge on any atom is 0.237 e. The van der Waals surface area contributed by atoms with Crippen LogP contribution in [0.1, 0.15) is 46.5 Å². The summed E-state index contributed by atoms with van der Waals surface area (Å²) in [6.45, 7) is 9.34. The standard InChI is InChI=1S/C13H27N3O/c1-4-9-16(5-2)10-8-13(3,12(14)17)15-11-6-7-11/h11,15H,4-10H2,1-3H3,(H2,14,17). The molecule has 1 atom stereocenters. The minimum atomic E-state index is -0.539. The molecule has 1 rings (SSSR count). The molecule has 0 bridgehead atoms. The van der Waals surface area contributed by atoms with Crippen LogP contribution in [0.15, 0.2) is 0 Å². The lowest BCUT2D eigenvalue weighted by molar-refractivity contribution is -0.124. The number of amides is 1. The van der Waals surface area contributed by atoms with Gasteiger partial charge in [-0.3, -0.25) is 4.79 Å². The highest BCUT2D eigenvalue weighted by molar-refractivity contribution is 5.84. The number of primary amides is 1. The van der Waals surface area contributed by atoms with Crippen LogP contribution in [0.2, 0.25) is 0 Å². The van der Waals surface area contributed by atoms with Crippen LogP contribution in [0.5, 0.6) is 0 Å². The van der Waals surface area contributed by atoms with Crippen molar-refractivity contribution in [2.75, 3.05) is 19.6 Å². The average Bonchev–Trinajstić information content (AvgIpc) is 3.07. The SMILES string of the molecule is CCCN(CC)CCC(C)(NC1CC1)C(N)=O. The maximum atomic E-state index is 11.6. The van der Waals surface area contributed by atoms with Crippen LogP contribution in [-0.4, -0.2) is 42.0 Å². The zero-order chi connectivity index (χ0) is 12.9. The van der Waals surface area contributed by atoms with Crippen molar-refractivity contribution in [3.63, 3.8) is 0 Å². The summed E-state index contributed by atoms with van der Waals surface area (Å²) >= 11 is 0. The fourth-order valence-corrected chi connectivity index (χ4v) is 2.07. The minimum absolute atomic E-state index is 0.225. The predicted molar refractivity (Wildman–Crippen MR) is 70.8 cm³/mol. The van der Waals surface area contributed by atoms with Crippen LogP contribution in [-0.2, 0) is 4.79 Å². The van der Waals surface area contributed by atoms with Gasteiger partial charge in [-0.2, -0.15) is 0 Å². The van der Waals surface area contributed by atoms with Crippen molar-refractivity contribution < 1.29 is 4.79 Å². The van der Waals surface area contributed by atoms with Crippen molar-refractivity contribution in [2.24, 2.45) is 5.73 Å². The number of nitrogens with zero attached hydrogens (tertiary/aromatic N) is 1. The second kappa shape index (κ2) is 6.36. The van der Waals surface area contributed by atoms with Crippen molar-refractivity contribution in [3.8, 4) is 0 Å². The number of nitrogens with two attached hydrogens (primary N) is 1. The monoisotopic (exact) mass is 241 g/mol. The van der Waals surface area contributed by atoms with E-state index in [4.69, 9.17) is 5.73 Å². The van der Waals surface area contributed by atoms with Crippen LogP contribution in [0.3, 0.4) is 0 Å². The van der Waals surface area contributed by atoms with Gasteiger partial charge in [-0.1, -0.05) is 13.8 Å². The van der Waals surface area contributed by atoms with E-state index >= 15 is 0 Å². The summed E-state index contributed by atoms with van der Waals surface area (Å²) in [5, 5.41) is 3.39. The predicted octanol–water partition coefficient (Wildman–Crippen LogP) is 1.10. The van der Waals surface area contributed by atoms with E-state index in [1.807, 2.05) is 6.92 Å². The molecule has 0 aliphatic heterocycles. The maximum absolute atomic E-state index is 11.6. The quantitative estimate of drug-likeness (QED) is 0.635. The van der Waals surface area contributed by atoms with Crippen LogP contribution in [0, 0.1) is 0 Å². The number of carbonyl (C=O) groups is 1. The molecule has 0 aromatic carbocycles. The van der Waals surface area contributed by atoms with E-state index in [0.29, 0.717) is 6.04 Å². The molecule has 1 amide bonds. The summed E-state index contributed by atoms with van der Waals surface area (Å²) in [6.07, 6.45) is 4.30. The Hall–Kier alpha value is -0.610. The number of hydrogen-bond acceptors (Lipinski definition) is 3. The van der Waals surface area contributed by atoms with E-state index in [-0.39, 0.29) is 5.91 Å². The van der Waals surface area contributed by atoms with Gasteiger partial charge in [-0.15, -0.1) is 0 Å². The molecule has 1 saturated carbocycles. The molecule has 1 aliphatic carbocycles. The van der Waals surface area contributed by atoms with Gasteiger partial charge in [0.1, 0.15) is 0 Å². The number of hydrogen-bond donors (Lipinski definition) is 2.